The molecular weight excluding hydrogens is 236 g/mol. The number of hydrogen-bond acceptors (Lipinski definition) is 3. The molecule has 0 saturated carbocycles. The summed E-state index contributed by atoms with van der Waals surface area (Å²) < 4.78 is 5.58. The van der Waals surface area contributed by atoms with Crippen LogP contribution in [-0.4, -0.2) is 13.2 Å². The zero-order chi connectivity index (χ0) is 13.1. The number of nitrogens with one attached hydrogen (secondary N) is 1. The molecule has 0 amide bonds. The molecule has 0 aromatic heterocycles. The van der Waals surface area contributed by atoms with Gasteiger partial charge in [0.05, 0.1) is 12.1 Å². The summed E-state index contributed by atoms with van der Waals surface area (Å²) in [6.07, 6.45) is -0.0361. The van der Waals surface area contributed by atoms with E-state index in [4.69, 9.17) is 22.2 Å². The number of hydrazine groups is 1. The van der Waals surface area contributed by atoms with Crippen molar-refractivity contribution in [1.29, 1.82) is 0 Å². The number of benzene rings is 1. The molecule has 4 heteroatoms. The van der Waals surface area contributed by atoms with Crippen LogP contribution in [0, 0.1) is 5.41 Å². The molecule has 0 saturated heterocycles. The zero-order valence-corrected chi connectivity index (χ0v) is 11.6. The predicted octanol–water partition coefficient (Wildman–Crippen LogP) is 2.91. The summed E-state index contributed by atoms with van der Waals surface area (Å²) in [6.45, 7) is 6.36. The molecule has 0 aliphatic heterocycles. The Labute approximate surface area is 108 Å². The molecule has 0 spiro atoms. The summed E-state index contributed by atoms with van der Waals surface area (Å²) in [6, 6.07) is 7.58. The van der Waals surface area contributed by atoms with Crippen molar-refractivity contribution in [3.63, 3.8) is 0 Å². The lowest BCUT2D eigenvalue weighted by atomic mass is 9.82. The Hall–Kier alpha value is -0.610. The van der Waals surface area contributed by atoms with E-state index in [1.807, 2.05) is 24.3 Å². The van der Waals surface area contributed by atoms with Gasteiger partial charge in [-0.05, 0) is 23.1 Å². The Bertz CT molecular complexity index is 363. The average Bonchev–Trinajstić information content (AvgIpc) is 2.23. The molecule has 0 aliphatic carbocycles. The lowest BCUT2D eigenvalue weighted by molar-refractivity contribution is -0.0120. The number of ether oxygens (including phenoxy) is 1. The number of methoxy groups -OCH3 is 1. The molecule has 2 atom stereocenters. The van der Waals surface area contributed by atoms with Gasteiger partial charge in [0.2, 0.25) is 0 Å². The van der Waals surface area contributed by atoms with E-state index in [1.54, 1.807) is 7.11 Å². The van der Waals surface area contributed by atoms with Crippen LogP contribution in [0.1, 0.15) is 32.4 Å². The molecular formula is C13H21ClN2O. The lowest BCUT2D eigenvalue weighted by Gasteiger charge is -2.35. The maximum absolute atomic E-state index is 6.00. The summed E-state index contributed by atoms with van der Waals surface area (Å²) in [7, 11) is 1.70. The van der Waals surface area contributed by atoms with Gasteiger partial charge >= 0.3 is 0 Å². The van der Waals surface area contributed by atoms with Crippen LogP contribution in [0.3, 0.4) is 0 Å². The number of rotatable bonds is 4. The predicted molar refractivity (Wildman–Crippen MR) is 71.8 cm³/mol. The summed E-state index contributed by atoms with van der Waals surface area (Å²) in [4.78, 5) is 0. The molecule has 0 heterocycles. The molecule has 2 unspecified atom stereocenters. The third-order valence-corrected chi connectivity index (χ3v) is 3.03. The van der Waals surface area contributed by atoms with Crippen LogP contribution < -0.4 is 11.3 Å². The molecule has 96 valence electrons. The minimum atomic E-state index is -0.0845. The van der Waals surface area contributed by atoms with E-state index >= 15 is 0 Å². The van der Waals surface area contributed by atoms with Crippen molar-refractivity contribution >= 4 is 11.6 Å². The van der Waals surface area contributed by atoms with Crippen LogP contribution in [0.25, 0.3) is 0 Å². The van der Waals surface area contributed by atoms with Crippen molar-refractivity contribution in [3.8, 4) is 0 Å². The Balaban J connectivity index is 3.05. The SMILES string of the molecule is COC(C(NN)c1cccc(Cl)c1)C(C)(C)C. The maximum atomic E-state index is 6.00. The summed E-state index contributed by atoms with van der Waals surface area (Å²) in [5.74, 6) is 5.65. The van der Waals surface area contributed by atoms with Gasteiger partial charge in [0, 0.05) is 12.1 Å². The van der Waals surface area contributed by atoms with Gasteiger partial charge in [-0.25, -0.2) is 0 Å². The van der Waals surface area contributed by atoms with Gasteiger partial charge in [-0.2, -0.15) is 0 Å². The Morgan fingerprint density at radius 2 is 2.00 bits per heavy atom. The monoisotopic (exact) mass is 256 g/mol. The lowest BCUT2D eigenvalue weighted by Crippen LogP contribution is -2.44. The smallest absolute Gasteiger partial charge is 0.0827 e. The summed E-state index contributed by atoms with van der Waals surface area (Å²) >= 11 is 6.00. The van der Waals surface area contributed by atoms with Crippen molar-refractivity contribution in [2.75, 3.05) is 7.11 Å². The first-order valence-electron chi connectivity index (χ1n) is 5.64. The second-order valence-electron chi connectivity index (χ2n) is 5.22. The number of hydrogen-bond donors (Lipinski definition) is 2. The Kier molecular flexibility index (Phi) is 4.95. The zero-order valence-electron chi connectivity index (χ0n) is 10.8. The van der Waals surface area contributed by atoms with Gasteiger partial charge < -0.3 is 4.74 Å². The largest absolute Gasteiger partial charge is 0.379 e. The van der Waals surface area contributed by atoms with Crippen LogP contribution in [0.2, 0.25) is 5.02 Å². The van der Waals surface area contributed by atoms with Crippen LogP contribution in [0.5, 0.6) is 0 Å². The second kappa shape index (κ2) is 5.83. The summed E-state index contributed by atoms with van der Waals surface area (Å²) in [5.41, 5.74) is 3.83. The third kappa shape index (κ3) is 3.68. The molecule has 17 heavy (non-hydrogen) atoms. The first-order valence-corrected chi connectivity index (χ1v) is 6.02. The molecule has 3 nitrogen and oxygen atoms in total. The molecule has 0 aliphatic rings. The highest BCUT2D eigenvalue weighted by Gasteiger charge is 2.32. The molecule has 3 N–H and O–H groups in total. The average molecular weight is 257 g/mol. The van der Waals surface area contributed by atoms with E-state index in [9.17, 15) is 0 Å². The highest BCUT2D eigenvalue weighted by atomic mass is 35.5. The fourth-order valence-electron chi connectivity index (χ4n) is 2.05. The molecule has 0 radical (unpaired) electrons. The van der Waals surface area contributed by atoms with E-state index in [-0.39, 0.29) is 17.6 Å². The first kappa shape index (κ1) is 14.5. The fraction of sp³-hybridized carbons (Fsp3) is 0.538. The van der Waals surface area contributed by atoms with E-state index in [1.165, 1.54) is 0 Å². The van der Waals surface area contributed by atoms with Crippen LogP contribution in [0.4, 0.5) is 0 Å². The van der Waals surface area contributed by atoms with Gasteiger partial charge in [-0.3, -0.25) is 11.3 Å². The number of halogens is 1. The van der Waals surface area contributed by atoms with Crippen molar-refractivity contribution in [2.45, 2.75) is 32.9 Å². The van der Waals surface area contributed by atoms with Crippen molar-refractivity contribution in [2.24, 2.45) is 11.3 Å². The van der Waals surface area contributed by atoms with Crippen LogP contribution in [0.15, 0.2) is 24.3 Å². The van der Waals surface area contributed by atoms with Gasteiger partial charge in [0.1, 0.15) is 0 Å². The van der Waals surface area contributed by atoms with Crippen molar-refractivity contribution < 1.29 is 4.74 Å². The quantitative estimate of drug-likeness (QED) is 0.643. The van der Waals surface area contributed by atoms with Gasteiger partial charge in [-0.1, -0.05) is 44.5 Å². The van der Waals surface area contributed by atoms with Crippen molar-refractivity contribution in [1.82, 2.24) is 5.43 Å². The standard InChI is InChI=1S/C13H21ClN2O/c1-13(2,3)12(17-4)11(16-15)9-6-5-7-10(14)8-9/h5-8,11-12,16H,15H2,1-4H3. The molecule has 0 bridgehead atoms. The first-order chi connectivity index (χ1) is 7.90. The van der Waals surface area contributed by atoms with Crippen LogP contribution in [-0.2, 0) is 4.74 Å². The van der Waals surface area contributed by atoms with Gasteiger partial charge in [-0.15, -0.1) is 0 Å². The highest BCUT2D eigenvalue weighted by Crippen LogP contribution is 2.32. The highest BCUT2D eigenvalue weighted by molar-refractivity contribution is 6.30. The molecule has 1 aromatic rings. The second-order valence-corrected chi connectivity index (χ2v) is 5.66. The Morgan fingerprint density at radius 3 is 2.41 bits per heavy atom. The van der Waals surface area contributed by atoms with E-state index < -0.39 is 0 Å². The molecule has 1 rings (SSSR count). The third-order valence-electron chi connectivity index (χ3n) is 2.80. The minimum absolute atomic E-state index is 0.0197. The summed E-state index contributed by atoms with van der Waals surface area (Å²) in [5, 5.41) is 0.700. The Morgan fingerprint density at radius 1 is 1.35 bits per heavy atom. The molecule has 0 fully saturated rings. The topological polar surface area (TPSA) is 47.3 Å². The fourth-order valence-corrected chi connectivity index (χ4v) is 2.25. The van der Waals surface area contributed by atoms with E-state index in [0.717, 1.165) is 5.56 Å². The van der Waals surface area contributed by atoms with Crippen molar-refractivity contribution in [3.05, 3.63) is 34.9 Å². The van der Waals surface area contributed by atoms with Gasteiger partial charge in [0.25, 0.3) is 0 Å². The number of nitrogens with two attached hydrogens (primary N) is 1. The van der Waals surface area contributed by atoms with Crippen LogP contribution >= 0.6 is 11.6 Å². The normalized spacial score (nSPS) is 15.6. The van der Waals surface area contributed by atoms with E-state index in [0.29, 0.717) is 5.02 Å². The van der Waals surface area contributed by atoms with E-state index in [2.05, 4.69) is 26.2 Å². The molecule has 1 aromatic carbocycles. The maximum Gasteiger partial charge on any atom is 0.0827 e. The minimum Gasteiger partial charge on any atom is -0.379 e. The van der Waals surface area contributed by atoms with Gasteiger partial charge in [0.15, 0.2) is 0 Å².